The second-order valence-corrected chi connectivity index (χ2v) is 6.47. The molecule has 4 N–H and O–H groups in total. The van der Waals surface area contributed by atoms with Gasteiger partial charge in [0.15, 0.2) is 0 Å². The number of nitrogen functional groups attached to an aromatic ring is 1. The first-order chi connectivity index (χ1) is 9.95. The Hall–Kier alpha value is -1.76. The zero-order valence-electron chi connectivity index (χ0n) is 12.7. The zero-order chi connectivity index (χ0) is 15.6. The summed E-state index contributed by atoms with van der Waals surface area (Å²) in [4.78, 5) is 26.1. The summed E-state index contributed by atoms with van der Waals surface area (Å²) < 4.78 is 0. The Labute approximate surface area is 128 Å². The molecule has 1 fully saturated rings. The maximum Gasteiger partial charge on any atom is 0.265 e. The highest BCUT2D eigenvalue weighted by Gasteiger charge is 2.27. The molecule has 6 nitrogen and oxygen atoms in total. The molecule has 1 aromatic heterocycles. The molecule has 1 heterocycles. The van der Waals surface area contributed by atoms with E-state index in [0.29, 0.717) is 21.5 Å². The van der Waals surface area contributed by atoms with Crippen LogP contribution in [0.15, 0.2) is 0 Å². The predicted octanol–water partition coefficient (Wildman–Crippen LogP) is 1.75. The van der Waals surface area contributed by atoms with Crippen LogP contribution in [0.2, 0.25) is 0 Å². The van der Waals surface area contributed by atoms with Gasteiger partial charge in [-0.2, -0.15) is 0 Å². The highest BCUT2D eigenvalue weighted by Crippen LogP contribution is 2.38. The molecular weight excluding hydrogens is 288 g/mol. The lowest BCUT2D eigenvalue weighted by Gasteiger charge is -2.13. The normalized spacial score (nSPS) is 15.0. The van der Waals surface area contributed by atoms with Gasteiger partial charge in [-0.05, 0) is 12.8 Å². The SMILES string of the molecule is CNC(=O)c1c(NC2CCCC2)sc(C(=O)N(C)C)c1N. The van der Waals surface area contributed by atoms with E-state index in [1.54, 1.807) is 21.1 Å². The predicted molar refractivity (Wildman–Crippen MR) is 86.0 cm³/mol. The van der Waals surface area contributed by atoms with Crippen LogP contribution in [0.25, 0.3) is 0 Å². The molecule has 0 radical (unpaired) electrons. The van der Waals surface area contributed by atoms with Crippen LogP contribution >= 0.6 is 11.3 Å². The van der Waals surface area contributed by atoms with Crippen molar-refractivity contribution in [1.29, 1.82) is 0 Å². The summed E-state index contributed by atoms with van der Waals surface area (Å²) in [5, 5.41) is 6.68. The van der Waals surface area contributed by atoms with Crippen molar-refractivity contribution in [3.63, 3.8) is 0 Å². The van der Waals surface area contributed by atoms with E-state index < -0.39 is 0 Å². The second-order valence-electron chi connectivity index (χ2n) is 5.45. The fourth-order valence-electron chi connectivity index (χ4n) is 2.51. The molecule has 0 bridgehead atoms. The molecule has 0 aliphatic heterocycles. The summed E-state index contributed by atoms with van der Waals surface area (Å²) in [6.07, 6.45) is 4.55. The second kappa shape index (κ2) is 6.34. The van der Waals surface area contributed by atoms with Gasteiger partial charge in [0, 0.05) is 27.2 Å². The molecular formula is C14H22N4O2S. The molecule has 0 aromatic carbocycles. The molecule has 1 aliphatic carbocycles. The Bertz CT molecular complexity index is 547. The summed E-state index contributed by atoms with van der Waals surface area (Å²) >= 11 is 1.26. The summed E-state index contributed by atoms with van der Waals surface area (Å²) in [5.74, 6) is -0.441. The third-order valence-corrected chi connectivity index (χ3v) is 4.81. The Morgan fingerprint density at radius 1 is 1.29 bits per heavy atom. The van der Waals surface area contributed by atoms with Gasteiger partial charge in [-0.25, -0.2) is 0 Å². The Balaban J connectivity index is 2.38. The molecule has 1 aliphatic rings. The molecule has 0 saturated heterocycles. The molecule has 0 spiro atoms. The minimum absolute atomic E-state index is 0.179. The van der Waals surface area contributed by atoms with Gasteiger partial charge in [0.1, 0.15) is 9.88 Å². The van der Waals surface area contributed by atoms with Crippen molar-refractivity contribution in [2.45, 2.75) is 31.7 Å². The number of anilines is 2. The summed E-state index contributed by atoms with van der Waals surface area (Å²) in [5.41, 5.74) is 6.71. The number of amides is 2. The molecule has 7 heteroatoms. The van der Waals surface area contributed by atoms with Crippen molar-refractivity contribution < 1.29 is 9.59 Å². The van der Waals surface area contributed by atoms with Crippen molar-refractivity contribution in [2.75, 3.05) is 32.2 Å². The minimum Gasteiger partial charge on any atom is -0.397 e. The summed E-state index contributed by atoms with van der Waals surface area (Å²) in [6.45, 7) is 0. The van der Waals surface area contributed by atoms with Crippen LogP contribution in [0.5, 0.6) is 0 Å². The number of nitrogens with one attached hydrogen (secondary N) is 2. The maximum absolute atomic E-state index is 12.2. The monoisotopic (exact) mass is 310 g/mol. The lowest BCUT2D eigenvalue weighted by molar-refractivity contribution is 0.0833. The van der Waals surface area contributed by atoms with Crippen molar-refractivity contribution in [2.24, 2.45) is 0 Å². The molecule has 2 rings (SSSR count). The van der Waals surface area contributed by atoms with Gasteiger partial charge in [-0.3, -0.25) is 9.59 Å². The van der Waals surface area contributed by atoms with E-state index in [9.17, 15) is 9.59 Å². The number of carbonyl (C=O) groups is 2. The first-order valence-electron chi connectivity index (χ1n) is 7.08. The topological polar surface area (TPSA) is 87.5 Å². The third-order valence-electron chi connectivity index (χ3n) is 3.69. The van der Waals surface area contributed by atoms with Crippen LogP contribution in [0.1, 0.15) is 45.7 Å². The minimum atomic E-state index is -0.262. The Morgan fingerprint density at radius 3 is 2.43 bits per heavy atom. The van der Waals surface area contributed by atoms with Crippen LogP contribution in [-0.2, 0) is 0 Å². The van der Waals surface area contributed by atoms with Crippen LogP contribution < -0.4 is 16.4 Å². The fourth-order valence-corrected chi connectivity index (χ4v) is 3.73. The van der Waals surface area contributed by atoms with Crippen molar-refractivity contribution in [3.05, 3.63) is 10.4 Å². The van der Waals surface area contributed by atoms with Gasteiger partial charge in [-0.1, -0.05) is 12.8 Å². The van der Waals surface area contributed by atoms with Gasteiger partial charge < -0.3 is 21.3 Å². The quantitative estimate of drug-likeness (QED) is 0.790. The average molecular weight is 310 g/mol. The number of hydrogen-bond acceptors (Lipinski definition) is 5. The fraction of sp³-hybridized carbons (Fsp3) is 0.571. The van der Waals surface area contributed by atoms with Crippen LogP contribution in [-0.4, -0.2) is 43.9 Å². The van der Waals surface area contributed by atoms with Gasteiger partial charge >= 0.3 is 0 Å². The summed E-state index contributed by atoms with van der Waals surface area (Å²) in [7, 11) is 4.91. The van der Waals surface area contributed by atoms with E-state index in [-0.39, 0.29) is 17.5 Å². The van der Waals surface area contributed by atoms with Gasteiger partial charge in [0.05, 0.1) is 11.3 Å². The first-order valence-corrected chi connectivity index (χ1v) is 7.89. The Morgan fingerprint density at radius 2 is 1.90 bits per heavy atom. The van der Waals surface area contributed by atoms with Gasteiger partial charge in [-0.15, -0.1) is 11.3 Å². The van der Waals surface area contributed by atoms with E-state index in [2.05, 4.69) is 10.6 Å². The molecule has 0 unspecified atom stereocenters. The molecule has 21 heavy (non-hydrogen) atoms. The van der Waals surface area contributed by atoms with E-state index in [0.717, 1.165) is 12.8 Å². The zero-order valence-corrected chi connectivity index (χ0v) is 13.5. The number of rotatable bonds is 4. The number of nitrogens with two attached hydrogens (primary N) is 1. The molecule has 2 amide bonds. The number of nitrogens with zero attached hydrogens (tertiary/aromatic N) is 1. The average Bonchev–Trinajstić information content (AvgIpc) is 3.06. The molecule has 0 atom stereocenters. The standard InChI is InChI=1S/C14H22N4O2S/c1-16-12(19)9-10(15)11(14(20)18(2)3)21-13(9)17-8-6-4-5-7-8/h8,17H,4-7,15H2,1-3H3,(H,16,19). The van der Waals surface area contributed by atoms with Crippen LogP contribution in [0.3, 0.4) is 0 Å². The summed E-state index contributed by atoms with van der Waals surface area (Å²) in [6, 6.07) is 0.355. The lowest BCUT2D eigenvalue weighted by Crippen LogP contribution is -2.23. The highest BCUT2D eigenvalue weighted by atomic mass is 32.1. The van der Waals surface area contributed by atoms with E-state index in [1.807, 2.05) is 0 Å². The maximum atomic E-state index is 12.2. The van der Waals surface area contributed by atoms with E-state index in [1.165, 1.54) is 29.1 Å². The highest BCUT2D eigenvalue weighted by molar-refractivity contribution is 7.19. The first kappa shape index (κ1) is 15.6. The van der Waals surface area contributed by atoms with Crippen molar-refractivity contribution >= 4 is 33.8 Å². The van der Waals surface area contributed by atoms with Crippen LogP contribution in [0.4, 0.5) is 10.7 Å². The largest absolute Gasteiger partial charge is 0.397 e. The third kappa shape index (κ3) is 3.12. The van der Waals surface area contributed by atoms with E-state index in [4.69, 9.17) is 5.73 Å². The van der Waals surface area contributed by atoms with Gasteiger partial charge in [0.2, 0.25) is 0 Å². The molecule has 116 valence electrons. The molecule has 1 aromatic rings. The number of hydrogen-bond donors (Lipinski definition) is 3. The smallest absolute Gasteiger partial charge is 0.265 e. The molecule has 1 saturated carbocycles. The number of thiophene rings is 1. The van der Waals surface area contributed by atoms with Crippen LogP contribution in [0, 0.1) is 0 Å². The van der Waals surface area contributed by atoms with Crippen molar-refractivity contribution in [3.8, 4) is 0 Å². The number of carbonyl (C=O) groups excluding carboxylic acids is 2. The Kier molecular flexibility index (Phi) is 4.72. The van der Waals surface area contributed by atoms with E-state index >= 15 is 0 Å². The van der Waals surface area contributed by atoms with Crippen molar-refractivity contribution in [1.82, 2.24) is 10.2 Å². The van der Waals surface area contributed by atoms with Gasteiger partial charge in [0.25, 0.3) is 11.8 Å². The lowest BCUT2D eigenvalue weighted by atomic mass is 10.2.